The molecule has 0 amide bonds. The molecule has 17 heavy (non-hydrogen) atoms. The number of rotatable bonds is 5. The smallest absolute Gasteiger partial charge is 0.186 e. The van der Waals surface area contributed by atoms with Crippen molar-refractivity contribution in [1.29, 1.82) is 0 Å². The van der Waals surface area contributed by atoms with Crippen LogP contribution in [0.15, 0.2) is 6.33 Å². The first kappa shape index (κ1) is 13.8. The van der Waals surface area contributed by atoms with E-state index < -0.39 is 11.4 Å². The maximum Gasteiger partial charge on any atom is 0.186 e. The van der Waals surface area contributed by atoms with Gasteiger partial charge in [0.25, 0.3) is 0 Å². The molecule has 6 heteroatoms. The summed E-state index contributed by atoms with van der Waals surface area (Å²) >= 11 is 0. The van der Waals surface area contributed by atoms with Crippen LogP contribution in [0.5, 0.6) is 0 Å². The van der Waals surface area contributed by atoms with Gasteiger partial charge in [0.1, 0.15) is 6.33 Å². The lowest BCUT2D eigenvalue weighted by atomic mass is 10.1. The summed E-state index contributed by atoms with van der Waals surface area (Å²) in [5, 5.41) is 12.8. The third-order valence-electron chi connectivity index (χ3n) is 2.26. The van der Waals surface area contributed by atoms with Crippen molar-refractivity contribution in [2.75, 3.05) is 32.5 Å². The van der Waals surface area contributed by atoms with Crippen LogP contribution in [0.1, 0.15) is 12.6 Å². The number of halogens is 1. The molecule has 0 saturated carbocycles. The molecule has 5 nitrogen and oxygen atoms in total. The number of nitrogens with one attached hydrogen (secondary N) is 1. The molecule has 0 aromatic carbocycles. The molecule has 1 unspecified atom stereocenters. The standard InChI is InChI=1S/C11H19FN4O/c1-8-9(12)10(15-7-14-8)13-5-11(2,17)6-16(3)4/h7,17H,5-6H2,1-4H3,(H,13,14,15). The molecule has 0 aliphatic carbocycles. The Labute approximate surface area is 101 Å². The van der Waals surface area contributed by atoms with Crippen molar-refractivity contribution in [3.8, 4) is 0 Å². The van der Waals surface area contributed by atoms with Crippen LogP contribution in [-0.2, 0) is 0 Å². The topological polar surface area (TPSA) is 61.3 Å². The molecule has 1 aromatic rings. The Bertz CT molecular complexity index is 382. The van der Waals surface area contributed by atoms with Crippen LogP contribution in [0.4, 0.5) is 10.2 Å². The van der Waals surface area contributed by atoms with Gasteiger partial charge in [-0.25, -0.2) is 14.4 Å². The SMILES string of the molecule is Cc1ncnc(NCC(C)(O)CN(C)C)c1F. The van der Waals surface area contributed by atoms with Crippen molar-refractivity contribution in [3.05, 3.63) is 17.8 Å². The van der Waals surface area contributed by atoms with E-state index in [1.54, 1.807) is 13.8 Å². The van der Waals surface area contributed by atoms with Gasteiger partial charge in [0, 0.05) is 13.1 Å². The molecular formula is C11H19FN4O. The van der Waals surface area contributed by atoms with E-state index >= 15 is 0 Å². The minimum atomic E-state index is -0.950. The molecule has 0 spiro atoms. The Balaban J connectivity index is 2.64. The lowest BCUT2D eigenvalue weighted by Gasteiger charge is -2.27. The van der Waals surface area contributed by atoms with Gasteiger partial charge in [-0.05, 0) is 27.9 Å². The highest BCUT2D eigenvalue weighted by Gasteiger charge is 2.22. The van der Waals surface area contributed by atoms with Gasteiger partial charge in [0.05, 0.1) is 11.3 Å². The first-order chi connectivity index (χ1) is 7.82. The van der Waals surface area contributed by atoms with Crippen molar-refractivity contribution < 1.29 is 9.50 Å². The highest BCUT2D eigenvalue weighted by molar-refractivity contribution is 5.37. The Morgan fingerprint density at radius 1 is 1.47 bits per heavy atom. The lowest BCUT2D eigenvalue weighted by molar-refractivity contribution is 0.0458. The number of likely N-dealkylation sites (N-methyl/N-ethyl adjacent to an activating group) is 1. The molecule has 0 saturated heterocycles. The van der Waals surface area contributed by atoms with Crippen LogP contribution < -0.4 is 5.32 Å². The van der Waals surface area contributed by atoms with Crippen LogP contribution in [0.3, 0.4) is 0 Å². The van der Waals surface area contributed by atoms with Crippen molar-refractivity contribution in [2.45, 2.75) is 19.4 Å². The van der Waals surface area contributed by atoms with E-state index in [-0.39, 0.29) is 18.1 Å². The van der Waals surface area contributed by atoms with Crippen molar-refractivity contribution >= 4 is 5.82 Å². The lowest BCUT2D eigenvalue weighted by Crippen LogP contribution is -2.43. The van der Waals surface area contributed by atoms with E-state index in [1.165, 1.54) is 6.33 Å². The minimum absolute atomic E-state index is 0.122. The van der Waals surface area contributed by atoms with Gasteiger partial charge in [-0.15, -0.1) is 0 Å². The number of anilines is 1. The average molecular weight is 242 g/mol. The molecule has 0 aliphatic heterocycles. The van der Waals surface area contributed by atoms with E-state index in [2.05, 4.69) is 15.3 Å². The molecule has 0 aliphatic rings. The first-order valence-corrected chi connectivity index (χ1v) is 5.40. The molecule has 0 bridgehead atoms. The van der Waals surface area contributed by atoms with Crippen LogP contribution >= 0.6 is 0 Å². The Kier molecular flexibility index (Phi) is 4.36. The van der Waals surface area contributed by atoms with Crippen molar-refractivity contribution in [3.63, 3.8) is 0 Å². The van der Waals surface area contributed by atoms with Crippen LogP contribution in [0, 0.1) is 12.7 Å². The van der Waals surface area contributed by atoms with Gasteiger partial charge in [0.2, 0.25) is 0 Å². The molecule has 1 rings (SSSR count). The Hall–Kier alpha value is -1.27. The fourth-order valence-corrected chi connectivity index (χ4v) is 1.59. The highest BCUT2D eigenvalue weighted by atomic mass is 19.1. The predicted molar refractivity (Wildman–Crippen MR) is 64.4 cm³/mol. The predicted octanol–water partition coefficient (Wildman–Crippen LogP) is 0.649. The average Bonchev–Trinajstić information content (AvgIpc) is 2.18. The number of hydrogen-bond donors (Lipinski definition) is 2. The summed E-state index contributed by atoms with van der Waals surface area (Å²) in [4.78, 5) is 9.40. The molecule has 1 atom stereocenters. The zero-order chi connectivity index (χ0) is 13.1. The molecule has 96 valence electrons. The van der Waals surface area contributed by atoms with Gasteiger partial charge in [0.15, 0.2) is 11.6 Å². The molecular weight excluding hydrogens is 223 g/mol. The number of aromatic nitrogens is 2. The molecule has 2 N–H and O–H groups in total. The first-order valence-electron chi connectivity index (χ1n) is 5.40. The second-order valence-electron chi connectivity index (χ2n) is 4.71. The van der Waals surface area contributed by atoms with Gasteiger partial charge in [-0.1, -0.05) is 0 Å². The summed E-state index contributed by atoms with van der Waals surface area (Å²) < 4.78 is 13.6. The van der Waals surface area contributed by atoms with E-state index in [4.69, 9.17) is 0 Å². The number of nitrogens with zero attached hydrogens (tertiary/aromatic N) is 3. The van der Waals surface area contributed by atoms with Gasteiger partial charge < -0.3 is 15.3 Å². The van der Waals surface area contributed by atoms with Crippen LogP contribution in [0.25, 0.3) is 0 Å². The van der Waals surface area contributed by atoms with Crippen molar-refractivity contribution in [2.24, 2.45) is 0 Å². The molecule has 1 aromatic heterocycles. The summed E-state index contributed by atoms with van der Waals surface area (Å²) in [5.41, 5.74) is -0.663. The third kappa shape index (κ3) is 4.24. The number of aryl methyl sites for hydroxylation is 1. The van der Waals surface area contributed by atoms with Crippen LogP contribution in [0.2, 0.25) is 0 Å². The Morgan fingerprint density at radius 2 is 2.12 bits per heavy atom. The zero-order valence-electron chi connectivity index (χ0n) is 10.7. The summed E-state index contributed by atoms with van der Waals surface area (Å²) in [5.74, 6) is -0.357. The van der Waals surface area contributed by atoms with E-state index in [0.717, 1.165) is 0 Å². The third-order valence-corrected chi connectivity index (χ3v) is 2.26. The summed E-state index contributed by atoms with van der Waals surface area (Å²) in [6, 6.07) is 0. The second kappa shape index (κ2) is 5.37. The maximum atomic E-state index is 13.6. The molecule has 0 radical (unpaired) electrons. The van der Waals surface area contributed by atoms with Crippen LogP contribution in [-0.4, -0.2) is 52.8 Å². The summed E-state index contributed by atoms with van der Waals surface area (Å²) in [6.07, 6.45) is 1.29. The fourth-order valence-electron chi connectivity index (χ4n) is 1.59. The fraction of sp³-hybridized carbons (Fsp3) is 0.636. The zero-order valence-corrected chi connectivity index (χ0v) is 10.7. The number of hydrogen-bond acceptors (Lipinski definition) is 5. The van der Waals surface area contributed by atoms with Gasteiger partial charge in [-0.3, -0.25) is 0 Å². The summed E-state index contributed by atoms with van der Waals surface area (Å²) in [7, 11) is 3.73. The quantitative estimate of drug-likeness (QED) is 0.794. The van der Waals surface area contributed by atoms with E-state index in [1.807, 2.05) is 19.0 Å². The number of aliphatic hydroxyl groups is 1. The monoisotopic (exact) mass is 242 g/mol. The second-order valence-corrected chi connectivity index (χ2v) is 4.71. The largest absolute Gasteiger partial charge is 0.387 e. The Morgan fingerprint density at radius 3 is 2.71 bits per heavy atom. The van der Waals surface area contributed by atoms with Crippen molar-refractivity contribution in [1.82, 2.24) is 14.9 Å². The minimum Gasteiger partial charge on any atom is -0.387 e. The normalized spacial score (nSPS) is 14.8. The highest BCUT2D eigenvalue weighted by Crippen LogP contribution is 2.13. The van der Waals surface area contributed by atoms with Gasteiger partial charge in [-0.2, -0.15) is 0 Å². The molecule has 0 fully saturated rings. The molecule has 1 heterocycles. The van der Waals surface area contributed by atoms with E-state index in [9.17, 15) is 9.50 Å². The van der Waals surface area contributed by atoms with Gasteiger partial charge >= 0.3 is 0 Å². The maximum absolute atomic E-state index is 13.6. The summed E-state index contributed by atoms with van der Waals surface area (Å²) in [6.45, 7) is 3.95. The van der Waals surface area contributed by atoms with E-state index in [0.29, 0.717) is 6.54 Å².